The normalized spacial score (nSPS) is 14.3. The van der Waals surface area contributed by atoms with Crippen molar-refractivity contribution >= 4 is 27.5 Å². The van der Waals surface area contributed by atoms with Crippen molar-refractivity contribution in [2.45, 2.75) is 0 Å². The largest absolute Gasteiger partial charge is 0.489 e. The minimum absolute atomic E-state index is 0.244. The summed E-state index contributed by atoms with van der Waals surface area (Å²) in [6.07, 6.45) is 0.505. The van der Waals surface area contributed by atoms with Crippen LogP contribution < -0.4 is 14.4 Å². The van der Waals surface area contributed by atoms with E-state index in [9.17, 15) is 13.2 Å². The number of fused-ring (bicyclic) bond motifs is 1. The molecule has 0 saturated heterocycles. The van der Waals surface area contributed by atoms with Crippen LogP contribution in [0.1, 0.15) is 0 Å². The van der Waals surface area contributed by atoms with E-state index >= 15 is 0 Å². The molecule has 0 aliphatic carbocycles. The highest BCUT2D eigenvalue weighted by atomic mass is 32.2. The SMILES string of the molecule is COC(=O)Nc1ccc2c(c1)N(S(C)(=O)=O)CCO2. The first-order valence-corrected chi connectivity index (χ1v) is 7.36. The molecule has 0 fully saturated rings. The van der Waals surface area contributed by atoms with Gasteiger partial charge in [-0.3, -0.25) is 9.62 Å². The molecule has 1 aliphatic heterocycles. The number of sulfonamides is 1. The fourth-order valence-corrected chi connectivity index (χ4v) is 2.69. The average Bonchev–Trinajstić information content (AvgIpc) is 2.36. The van der Waals surface area contributed by atoms with E-state index in [1.807, 2.05) is 0 Å². The van der Waals surface area contributed by atoms with Gasteiger partial charge < -0.3 is 9.47 Å². The fraction of sp³-hybridized carbons (Fsp3) is 0.364. The summed E-state index contributed by atoms with van der Waals surface area (Å²) in [5.41, 5.74) is 0.840. The highest BCUT2D eigenvalue weighted by Gasteiger charge is 2.25. The molecule has 1 aromatic rings. The lowest BCUT2D eigenvalue weighted by Gasteiger charge is -2.29. The zero-order chi connectivity index (χ0) is 14.0. The highest BCUT2D eigenvalue weighted by molar-refractivity contribution is 7.92. The van der Waals surface area contributed by atoms with Gasteiger partial charge in [-0.2, -0.15) is 0 Å². The summed E-state index contributed by atoms with van der Waals surface area (Å²) in [6, 6.07) is 4.76. The van der Waals surface area contributed by atoms with Gasteiger partial charge in [-0.25, -0.2) is 13.2 Å². The van der Waals surface area contributed by atoms with Gasteiger partial charge in [0.25, 0.3) is 0 Å². The van der Waals surface area contributed by atoms with Crippen LogP contribution in [0.2, 0.25) is 0 Å². The van der Waals surface area contributed by atoms with Gasteiger partial charge >= 0.3 is 6.09 Å². The molecule has 0 bridgehead atoms. The van der Waals surface area contributed by atoms with Crippen molar-refractivity contribution in [2.75, 3.05) is 36.1 Å². The summed E-state index contributed by atoms with van der Waals surface area (Å²) < 4.78 is 34.5. The molecular weight excluding hydrogens is 272 g/mol. The number of carbonyl (C=O) groups excluding carboxylic acids is 1. The number of hydrogen-bond acceptors (Lipinski definition) is 5. The number of ether oxygens (including phenoxy) is 2. The predicted molar refractivity (Wildman–Crippen MR) is 70.2 cm³/mol. The molecule has 0 atom stereocenters. The molecule has 0 radical (unpaired) electrons. The van der Waals surface area contributed by atoms with E-state index in [4.69, 9.17) is 4.74 Å². The number of anilines is 2. The first-order chi connectivity index (χ1) is 8.91. The van der Waals surface area contributed by atoms with Crippen molar-refractivity contribution in [1.82, 2.24) is 0 Å². The molecular formula is C11H14N2O5S. The molecule has 1 N–H and O–H groups in total. The highest BCUT2D eigenvalue weighted by Crippen LogP contribution is 2.35. The smallest absolute Gasteiger partial charge is 0.411 e. The van der Waals surface area contributed by atoms with Gasteiger partial charge in [-0.1, -0.05) is 0 Å². The van der Waals surface area contributed by atoms with Gasteiger partial charge in [0.1, 0.15) is 12.4 Å². The summed E-state index contributed by atoms with van der Waals surface area (Å²) in [7, 11) is -2.13. The van der Waals surface area contributed by atoms with E-state index in [0.717, 1.165) is 6.26 Å². The number of benzene rings is 1. The van der Waals surface area contributed by atoms with Gasteiger partial charge in [0, 0.05) is 5.69 Å². The van der Waals surface area contributed by atoms with Gasteiger partial charge in [-0.05, 0) is 18.2 Å². The third kappa shape index (κ3) is 2.90. The van der Waals surface area contributed by atoms with E-state index in [2.05, 4.69) is 10.1 Å². The van der Waals surface area contributed by atoms with Crippen molar-refractivity contribution < 1.29 is 22.7 Å². The zero-order valence-corrected chi connectivity index (χ0v) is 11.4. The maximum atomic E-state index is 11.7. The first kappa shape index (κ1) is 13.5. The Morgan fingerprint density at radius 3 is 2.84 bits per heavy atom. The number of carbonyl (C=O) groups is 1. The monoisotopic (exact) mass is 286 g/mol. The summed E-state index contributed by atoms with van der Waals surface area (Å²) in [4.78, 5) is 11.1. The van der Waals surface area contributed by atoms with Gasteiger partial charge in [0.05, 0.1) is 25.6 Å². The van der Waals surface area contributed by atoms with Crippen LogP contribution in [0.25, 0.3) is 0 Å². The molecule has 0 spiro atoms. The van der Waals surface area contributed by atoms with Gasteiger partial charge in [-0.15, -0.1) is 0 Å². The molecule has 1 aliphatic rings. The van der Waals surface area contributed by atoms with Crippen molar-refractivity contribution in [2.24, 2.45) is 0 Å². The zero-order valence-electron chi connectivity index (χ0n) is 10.5. The van der Waals surface area contributed by atoms with E-state index < -0.39 is 16.1 Å². The summed E-state index contributed by atoms with van der Waals surface area (Å²) >= 11 is 0. The second kappa shape index (κ2) is 4.96. The predicted octanol–water partition coefficient (Wildman–Crippen LogP) is 1.02. The Bertz CT molecular complexity index is 599. The molecule has 7 nitrogen and oxygen atoms in total. The molecule has 1 heterocycles. The Kier molecular flexibility index (Phi) is 3.52. The third-order valence-electron chi connectivity index (χ3n) is 2.61. The van der Waals surface area contributed by atoms with E-state index in [0.29, 0.717) is 23.7 Å². The molecule has 1 aromatic carbocycles. The van der Waals surface area contributed by atoms with E-state index in [-0.39, 0.29) is 6.54 Å². The number of nitrogens with zero attached hydrogens (tertiary/aromatic N) is 1. The summed E-state index contributed by atoms with van der Waals surface area (Å²) in [5, 5.41) is 2.48. The Balaban J connectivity index is 2.38. The number of hydrogen-bond donors (Lipinski definition) is 1. The van der Waals surface area contributed by atoms with Crippen molar-refractivity contribution in [3.63, 3.8) is 0 Å². The molecule has 1 amide bonds. The minimum atomic E-state index is -3.38. The standard InChI is InChI=1S/C11H14N2O5S/c1-17-11(14)12-8-3-4-10-9(7-8)13(5-6-18-10)19(2,15)16/h3-4,7H,5-6H2,1-2H3,(H,12,14). The van der Waals surface area contributed by atoms with Gasteiger partial charge in [0.15, 0.2) is 0 Å². The number of methoxy groups -OCH3 is 1. The second-order valence-corrected chi connectivity index (χ2v) is 5.89. The Labute approximate surface area is 111 Å². The van der Waals surface area contributed by atoms with E-state index in [1.165, 1.54) is 17.5 Å². The van der Waals surface area contributed by atoms with Crippen LogP contribution in [0.4, 0.5) is 16.2 Å². The molecule has 0 aromatic heterocycles. The molecule has 2 rings (SSSR count). The fourth-order valence-electron chi connectivity index (χ4n) is 1.78. The van der Waals surface area contributed by atoms with Crippen LogP contribution in [-0.2, 0) is 14.8 Å². The van der Waals surface area contributed by atoms with Crippen molar-refractivity contribution in [1.29, 1.82) is 0 Å². The number of rotatable bonds is 2. The van der Waals surface area contributed by atoms with Crippen molar-refractivity contribution in [3.8, 4) is 5.75 Å². The minimum Gasteiger partial charge on any atom is -0.489 e. The molecule has 0 unspecified atom stereocenters. The lowest BCUT2D eigenvalue weighted by Crippen LogP contribution is -2.37. The molecule has 0 saturated carbocycles. The third-order valence-corrected chi connectivity index (χ3v) is 3.79. The van der Waals surface area contributed by atoms with Crippen LogP contribution >= 0.6 is 0 Å². The van der Waals surface area contributed by atoms with Crippen LogP contribution in [-0.4, -0.2) is 41.0 Å². The number of nitrogens with one attached hydrogen (secondary N) is 1. The number of amides is 1. The molecule has 8 heteroatoms. The maximum absolute atomic E-state index is 11.7. The van der Waals surface area contributed by atoms with E-state index in [1.54, 1.807) is 12.1 Å². The lowest BCUT2D eigenvalue weighted by molar-refractivity contribution is 0.187. The lowest BCUT2D eigenvalue weighted by atomic mass is 10.2. The summed E-state index contributed by atoms with van der Waals surface area (Å²) in [5.74, 6) is 0.465. The molecule has 19 heavy (non-hydrogen) atoms. The van der Waals surface area contributed by atoms with Crippen LogP contribution in [0.5, 0.6) is 5.75 Å². The first-order valence-electron chi connectivity index (χ1n) is 5.51. The Morgan fingerprint density at radius 2 is 2.21 bits per heavy atom. The summed E-state index contributed by atoms with van der Waals surface area (Å²) in [6.45, 7) is 0.539. The Morgan fingerprint density at radius 1 is 1.47 bits per heavy atom. The van der Waals surface area contributed by atoms with Crippen LogP contribution in [0, 0.1) is 0 Å². The average molecular weight is 286 g/mol. The van der Waals surface area contributed by atoms with Crippen LogP contribution in [0.15, 0.2) is 18.2 Å². The Hall–Kier alpha value is -1.96. The second-order valence-electron chi connectivity index (χ2n) is 3.98. The van der Waals surface area contributed by atoms with Crippen LogP contribution in [0.3, 0.4) is 0 Å². The maximum Gasteiger partial charge on any atom is 0.411 e. The molecule has 104 valence electrons. The van der Waals surface area contributed by atoms with Crippen molar-refractivity contribution in [3.05, 3.63) is 18.2 Å². The quantitative estimate of drug-likeness (QED) is 0.877. The topological polar surface area (TPSA) is 84.9 Å². The van der Waals surface area contributed by atoms with Gasteiger partial charge in [0.2, 0.25) is 10.0 Å².